The minimum absolute atomic E-state index is 0.0804. The third-order valence-corrected chi connectivity index (χ3v) is 5.47. The predicted octanol–water partition coefficient (Wildman–Crippen LogP) is 2.70. The first-order valence-corrected chi connectivity index (χ1v) is 10.2. The molecule has 1 aromatic carbocycles. The van der Waals surface area contributed by atoms with Crippen LogP contribution in [0.15, 0.2) is 47.1 Å². The highest BCUT2D eigenvalue weighted by atomic mass is 32.2. The van der Waals surface area contributed by atoms with E-state index in [1.165, 1.54) is 35.2 Å². The Labute approximate surface area is 174 Å². The van der Waals surface area contributed by atoms with Gasteiger partial charge in [-0.25, -0.2) is 4.68 Å². The van der Waals surface area contributed by atoms with Crippen molar-refractivity contribution in [1.29, 1.82) is 0 Å². The Bertz CT molecular complexity index is 1110. The molecule has 0 saturated carbocycles. The van der Waals surface area contributed by atoms with Gasteiger partial charge in [0.2, 0.25) is 5.91 Å². The molecule has 10 nitrogen and oxygen atoms in total. The van der Waals surface area contributed by atoms with Crippen molar-refractivity contribution >= 4 is 35.1 Å². The van der Waals surface area contributed by atoms with E-state index in [9.17, 15) is 19.7 Å². The number of nitrogens with one attached hydrogen (secondary N) is 2. The van der Waals surface area contributed by atoms with Gasteiger partial charge in [0.25, 0.3) is 11.6 Å². The number of carbonyl (C=O) groups excluding carboxylic acids is 2. The summed E-state index contributed by atoms with van der Waals surface area (Å²) in [6.07, 6.45) is 1.53. The van der Waals surface area contributed by atoms with E-state index in [2.05, 4.69) is 15.7 Å². The standard InChI is InChI=1S/C19H17N5O5S/c25-17(20-8-14-5-2-6-29-14)9-23-18(15-10-30-11-16(15)22-23)21-19(26)12-3-1-4-13(7-12)24(27)28/h1-7H,8-11H2,(H,20,25)(H,21,26). The predicted molar refractivity (Wildman–Crippen MR) is 109 cm³/mol. The first-order valence-electron chi connectivity index (χ1n) is 9.02. The lowest BCUT2D eigenvalue weighted by Crippen LogP contribution is -2.28. The summed E-state index contributed by atoms with van der Waals surface area (Å²) in [6.45, 7) is 0.168. The number of benzene rings is 1. The van der Waals surface area contributed by atoms with Crippen LogP contribution in [0.3, 0.4) is 0 Å². The molecule has 30 heavy (non-hydrogen) atoms. The van der Waals surface area contributed by atoms with Gasteiger partial charge in [-0.1, -0.05) is 6.07 Å². The Kier molecular flexibility index (Phi) is 5.53. The zero-order valence-corrected chi connectivity index (χ0v) is 16.5. The largest absolute Gasteiger partial charge is 0.467 e. The average Bonchev–Trinajstić information content (AvgIpc) is 3.46. The first kappa shape index (κ1) is 19.7. The summed E-state index contributed by atoms with van der Waals surface area (Å²) >= 11 is 1.66. The number of nitrogens with zero attached hydrogens (tertiary/aromatic N) is 3. The Morgan fingerprint density at radius 1 is 1.27 bits per heavy atom. The van der Waals surface area contributed by atoms with Gasteiger partial charge in [0.05, 0.1) is 23.4 Å². The molecule has 1 aliphatic rings. The van der Waals surface area contributed by atoms with E-state index in [0.717, 1.165) is 11.3 Å². The van der Waals surface area contributed by atoms with Crippen molar-refractivity contribution in [3.63, 3.8) is 0 Å². The highest BCUT2D eigenvalue weighted by Crippen LogP contribution is 2.35. The molecule has 3 heterocycles. The Hall–Kier alpha value is -3.60. The minimum atomic E-state index is -0.557. The molecule has 4 rings (SSSR count). The fraction of sp³-hybridized carbons (Fsp3) is 0.211. The van der Waals surface area contributed by atoms with Gasteiger partial charge in [-0.15, -0.1) is 0 Å². The van der Waals surface area contributed by atoms with E-state index in [0.29, 0.717) is 23.1 Å². The highest BCUT2D eigenvalue weighted by Gasteiger charge is 2.25. The molecule has 2 aromatic heterocycles. The Balaban J connectivity index is 1.51. The van der Waals surface area contributed by atoms with E-state index in [1.807, 2.05) is 0 Å². The van der Waals surface area contributed by atoms with Gasteiger partial charge in [-0.05, 0) is 18.2 Å². The van der Waals surface area contributed by atoms with Crippen molar-refractivity contribution in [2.45, 2.75) is 24.6 Å². The third-order valence-electron chi connectivity index (χ3n) is 4.50. The number of amides is 2. The molecular formula is C19H17N5O5S. The Morgan fingerprint density at radius 2 is 2.13 bits per heavy atom. The van der Waals surface area contributed by atoms with E-state index in [-0.39, 0.29) is 30.2 Å². The number of rotatable bonds is 7. The van der Waals surface area contributed by atoms with Gasteiger partial charge >= 0.3 is 0 Å². The number of fused-ring (bicyclic) bond motifs is 1. The number of hydrogen-bond donors (Lipinski definition) is 2. The molecule has 0 saturated heterocycles. The van der Waals surface area contributed by atoms with Crippen LogP contribution in [0.5, 0.6) is 0 Å². The van der Waals surface area contributed by atoms with E-state index in [4.69, 9.17) is 4.42 Å². The number of furan rings is 1. The summed E-state index contributed by atoms with van der Waals surface area (Å²) in [5.74, 6) is 1.62. The van der Waals surface area contributed by atoms with Gasteiger partial charge in [0.15, 0.2) is 0 Å². The third kappa shape index (κ3) is 4.20. The molecule has 0 radical (unpaired) electrons. The summed E-state index contributed by atoms with van der Waals surface area (Å²) in [6, 6.07) is 8.96. The lowest BCUT2D eigenvalue weighted by Gasteiger charge is -2.11. The molecule has 0 bridgehead atoms. The summed E-state index contributed by atoms with van der Waals surface area (Å²) in [5.41, 5.74) is 1.65. The van der Waals surface area contributed by atoms with E-state index >= 15 is 0 Å². The highest BCUT2D eigenvalue weighted by molar-refractivity contribution is 7.98. The number of nitro benzene ring substituents is 1. The fourth-order valence-electron chi connectivity index (χ4n) is 3.05. The van der Waals surface area contributed by atoms with Crippen molar-refractivity contribution < 1.29 is 18.9 Å². The SMILES string of the molecule is O=C(Cn1nc2c(c1NC(=O)c1cccc([N+](=O)[O-])c1)CSC2)NCc1ccco1. The van der Waals surface area contributed by atoms with Crippen LogP contribution in [0.2, 0.25) is 0 Å². The second-order valence-electron chi connectivity index (χ2n) is 6.54. The minimum Gasteiger partial charge on any atom is -0.467 e. The van der Waals surface area contributed by atoms with E-state index < -0.39 is 10.8 Å². The van der Waals surface area contributed by atoms with Crippen molar-refractivity contribution in [2.24, 2.45) is 0 Å². The lowest BCUT2D eigenvalue weighted by molar-refractivity contribution is -0.384. The molecule has 2 N–H and O–H groups in total. The van der Waals surface area contributed by atoms with E-state index in [1.54, 1.807) is 23.9 Å². The normalized spacial score (nSPS) is 12.4. The number of nitro groups is 1. The van der Waals surface area contributed by atoms with Crippen molar-refractivity contribution in [3.8, 4) is 0 Å². The number of carbonyl (C=O) groups is 2. The monoisotopic (exact) mass is 427 g/mol. The van der Waals surface area contributed by atoms with Gasteiger partial charge in [0, 0.05) is 34.8 Å². The van der Waals surface area contributed by atoms with Crippen LogP contribution in [0.25, 0.3) is 0 Å². The van der Waals surface area contributed by atoms with Gasteiger partial charge in [-0.3, -0.25) is 19.7 Å². The molecule has 154 valence electrons. The van der Waals surface area contributed by atoms with Crippen LogP contribution in [-0.2, 0) is 29.4 Å². The maximum atomic E-state index is 12.7. The van der Waals surface area contributed by atoms with Crippen LogP contribution >= 0.6 is 11.8 Å². The molecule has 0 aliphatic carbocycles. The maximum Gasteiger partial charge on any atom is 0.270 e. The van der Waals surface area contributed by atoms with Crippen molar-refractivity contribution in [2.75, 3.05) is 5.32 Å². The first-order chi connectivity index (χ1) is 14.5. The van der Waals surface area contributed by atoms with Crippen LogP contribution < -0.4 is 10.6 Å². The van der Waals surface area contributed by atoms with Crippen LogP contribution in [0.4, 0.5) is 11.5 Å². The van der Waals surface area contributed by atoms with Crippen LogP contribution in [-0.4, -0.2) is 26.5 Å². The summed E-state index contributed by atoms with van der Waals surface area (Å²) < 4.78 is 6.65. The molecule has 11 heteroatoms. The van der Waals surface area contributed by atoms with Gasteiger partial charge < -0.3 is 15.1 Å². The number of non-ortho nitro benzene ring substituents is 1. The second kappa shape index (κ2) is 8.41. The molecule has 0 fully saturated rings. The summed E-state index contributed by atoms with van der Waals surface area (Å²) in [5, 5.41) is 21.0. The number of anilines is 1. The fourth-order valence-corrected chi connectivity index (χ4v) is 4.09. The topological polar surface area (TPSA) is 132 Å². The number of thioether (sulfide) groups is 1. The molecule has 0 unspecified atom stereocenters. The zero-order valence-electron chi connectivity index (χ0n) is 15.7. The Morgan fingerprint density at radius 3 is 2.90 bits per heavy atom. The van der Waals surface area contributed by atoms with Crippen LogP contribution in [0, 0.1) is 10.1 Å². The lowest BCUT2D eigenvalue weighted by atomic mass is 10.2. The second-order valence-corrected chi connectivity index (χ2v) is 7.53. The molecule has 2 amide bonds. The number of hydrogen-bond acceptors (Lipinski definition) is 7. The van der Waals surface area contributed by atoms with Gasteiger partial charge in [0.1, 0.15) is 18.1 Å². The molecular weight excluding hydrogens is 410 g/mol. The quantitative estimate of drug-likeness (QED) is 0.437. The van der Waals surface area contributed by atoms with Crippen molar-refractivity contribution in [1.82, 2.24) is 15.1 Å². The average molecular weight is 427 g/mol. The zero-order chi connectivity index (χ0) is 21.1. The molecule has 0 atom stereocenters. The van der Waals surface area contributed by atoms with Gasteiger partial charge in [-0.2, -0.15) is 16.9 Å². The molecule has 0 spiro atoms. The molecule has 1 aliphatic heterocycles. The number of aromatic nitrogens is 2. The smallest absolute Gasteiger partial charge is 0.270 e. The summed E-state index contributed by atoms with van der Waals surface area (Å²) in [4.78, 5) is 35.5. The molecule has 3 aromatic rings. The van der Waals surface area contributed by atoms with Crippen molar-refractivity contribution in [3.05, 3.63) is 75.4 Å². The van der Waals surface area contributed by atoms with Crippen LogP contribution in [0.1, 0.15) is 27.4 Å². The summed E-state index contributed by atoms with van der Waals surface area (Å²) in [7, 11) is 0. The maximum absolute atomic E-state index is 12.7.